The highest BCUT2D eigenvalue weighted by atomic mass is 16.6. The Balaban J connectivity index is 2.16. The van der Waals surface area contributed by atoms with Crippen molar-refractivity contribution in [1.82, 2.24) is 9.55 Å². The number of non-ortho nitro benzene ring substituents is 1. The summed E-state index contributed by atoms with van der Waals surface area (Å²) in [6, 6.07) is 5.61. The second kappa shape index (κ2) is 7.03. The highest BCUT2D eigenvalue weighted by Gasteiger charge is 2.12. The van der Waals surface area contributed by atoms with Crippen LogP contribution in [0.3, 0.4) is 0 Å². The first-order chi connectivity index (χ1) is 11.3. The van der Waals surface area contributed by atoms with Crippen molar-refractivity contribution < 1.29 is 9.72 Å². The number of hydrogen-bond donors (Lipinski definition) is 1. The highest BCUT2D eigenvalue weighted by Crippen LogP contribution is 2.21. The maximum Gasteiger partial charge on any atom is 0.271 e. The molecule has 0 unspecified atom stereocenters. The molecule has 8 heteroatoms. The van der Waals surface area contributed by atoms with Crippen LogP contribution >= 0.6 is 0 Å². The quantitative estimate of drug-likeness (QED) is 0.668. The van der Waals surface area contributed by atoms with Crippen LogP contribution in [0.2, 0.25) is 0 Å². The summed E-state index contributed by atoms with van der Waals surface area (Å²) in [5.74, 6) is -0.339. The third kappa shape index (κ3) is 4.03. The lowest BCUT2D eigenvalue weighted by atomic mass is 10.1. The number of carbonyl (C=O) groups is 1. The molecule has 0 saturated heterocycles. The van der Waals surface area contributed by atoms with E-state index in [1.165, 1.54) is 29.1 Å². The van der Waals surface area contributed by atoms with E-state index in [2.05, 4.69) is 10.3 Å². The fraction of sp³-hybridized carbons (Fsp3) is 0.312. The Labute approximate surface area is 138 Å². The number of carbonyl (C=O) groups excluding carboxylic acids is 1. The van der Waals surface area contributed by atoms with Crippen LogP contribution in [0.4, 0.5) is 11.4 Å². The van der Waals surface area contributed by atoms with Crippen molar-refractivity contribution >= 4 is 17.3 Å². The van der Waals surface area contributed by atoms with Gasteiger partial charge in [0.25, 0.3) is 11.2 Å². The minimum absolute atomic E-state index is 0.115. The van der Waals surface area contributed by atoms with Gasteiger partial charge in [0.15, 0.2) is 0 Å². The maximum atomic E-state index is 12.1. The number of nitrogens with one attached hydrogen (secondary N) is 1. The van der Waals surface area contributed by atoms with E-state index >= 15 is 0 Å². The number of nitrogens with zero attached hydrogens (tertiary/aromatic N) is 3. The van der Waals surface area contributed by atoms with E-state index in [9.17, 15) is 19.7 Å². The summed E-state index contributed by atoms with van der Waals surface area (Å²) in [6.07, 6.45) is 1.33. The molecule has 0 saturated carbocycles. The van der Waals surface area contributed by atoms with Crippen LogP contribution in [0.1, 0.15) is 31.0 Å². The first-order valence-corrected chi connectivity index (χ1v) is 7.39. The van der Waals surface area contributed by atoms with Gasteiger partial charge in [-0.25, -0.2) is 4.98 Å². The van der Waals surface area contributed by atoms with Gasteiger partial charge in [-0.2, -0.15) is 0 Å². The van der Waals surface area contributed by atoms with Gasteiger partial charge in [0.05, 0.1) is 22.6 Å². The predicted octanol–water partition coefficient (Wildman–Crippen LogP) is 2.22. The molecule has 24 heavy (non-hydrogen) atoms. The molecule has 0 aliphatic carbocycles. The lowest BCUT2D eigenvalue weighted by Crippen LogP contribution is -2.28. The summed E-state index contributed by atoms with van der Waals surface area (Å²) in [5, 5.41) is 13.4. The van der Waals surface area contributed by atoms with E-state index < -0.39 is 10.8 Å². The zero-order valence-corrected chi connectivity index (χ0v) is 13.6. The van der Waals surface area contributed by atoms with Gasteiger partial charge in [-0.3, -0.25) is 24.3 Å². The molecule has 1 N–H and O–H groups in total. The summed E-state index contributed by atoms with van der Waals surface area (Å²) in [6.45, 7) is 5.35. The lowest BCUT2D eigenvalue weighted by molar-refractivity contribution is -0.384. The number of nitro benzene ring substituents is 1. The van der Waals surface area contributed by atoms with Crippen molar-refractivity contribution in [3.05, 3.63) is 62.3 Å². The minimum atomic E-state index is -0.534. The SMILES string of the molecule is Cc1ccc([N+](=O)[O-])cc1NC(=O)Cn1cnc(C(C)C)cc1=O. The maximum absolute atomic E-state index is 12.1. The smallest absolute Gasteiger partial charge is 0.271 e. The van der Waals surface area contributed by atoms with Crippen molar-refractivity contribution in [1.29, 1.82) is 0 Å². The Hall–Kier alpha value is -3.03. The van der Waals surface area contributed by atoms with Crippen LogP contribution in [0.25, 0.3) is 0 Å². The summed E-state index contributed by atoms with van der Waals surface area (Å²) in [5.41, 5.74) is 1.26. The second-order valence-corrected chi connectivity index (χ2v) is 5.74. The zero-order chi connectivity index (χ0) is 17.9. The third-order valence-electron chi connectivity index (χ3n) is 3.51. The average Bonchev–Trinajstić information content (AvgIpc) is 2.51. The standard InChI is InChI=1S/C16H18N4O4/c1-10(2)13-7-16(22)19(9-17-13)8-15(21)18-14-6-12(20(23)24)5-4-11(14)3/h4-7,9-10H,8H2,1-3H3,(H,18,21). The molecular weight excluding hydrogens is 312 g/mol. The summed E-state index contributed by atoms with van der Waals surface area (Å²) >= 11 is 0. The Morgan fingerprint density at radius 2 is 2.08 bits per heavy atom. The monoisotopic (exact) mass is 330 g/mol. The summed E-state index contributed by atoms with van der Waals surface area (Å²) in [4.78, 5) is 38.5. The minimum Gasteiger partial charge on any atom is -0.324 e. The number of anilines is 1. The largest absolute Gasteiger partial charge is 0.324 e. The molecule has 2 rings (SSSR count). The van der Waals surface area contributed by atoms with Crippen LogP contribution in [0, 0.1) is 17.0 Å². The summed E-state index contributed by atoms with van der Waals surface area (Å²) in [7, 11) is 0. The van der Waals surface area contributed by atoms with E-state index in [1.54, 1.807) is 13.0 Å². The molecule has 0 fully saturated rings. The molecule has 126 valence electrons. The molecule has 0 bridgehead atoms. The topological polar surface area (TPSA) is 107 Å². The molecule has 2 aromatic rings. The number of amides is 1. The number of benzene rings is 1. The second-order valence-electron chi connectivity index (χ2n) is 5.74. The van der Waals surface area contributed by atoms with Gasteiger partial charge in [0, 0.05) is 18.2 Å². The highest BCUT2D eigenvalue weighted by molar-refractivity contribution is 5.91. The van der Waals surface area contributed by atoms with E-state index in [4.69, 9.17) is 0 Å². The number of nitro groups is 1. The normalized spacial score (nSPS) is 10.7. The molecule has 1 aromatic heterocycles. The van der Waals surface area contributed by atoms with Crippen LogP contribution in [0.5, 0.6) is 0 Å². The van der Waals surface area contributed by atoms with E-state index in [-0.39, 0.29) is 23.7 Å². The van der Waals surface area contributed by atoms with Crippen molar-refractivity contribution in [3.8, 4) is 0 Å². The lowest BCUT2D eigenvalue weighted by Gasteiger charge is -2.10. The van der Waals surface area contributed by atoms with Crippen LogP contribution in [-0.2, 0) is 11.3 Å². The van der Waals surface area contributed by atoms with Gasteiger partial charge in [-0.15, -0.1) is 0 Å². The zero-order valence-electron chi connectivity index (χ0n) is 13.6. The van der Waals surface area contributed by atoms with Crippen LogP contribution < -0.4 is 10.9 Å². The molecule has 0 radical (unpaired) electrons. The number of rotatable bonds is 5. The molecule has 1 amide bonds. The first-order valence-electron chi connectivity index (χ1n) is 7.39. The Morgan fingerprint density at radius 3 is 2.67 bits per heavy atom. The van der Waals surface area contributed by atoms with Crippen LogP contribution in [-0.4, -0.2) is 20.4 Å². The first kappa shape index (κ1) is 17.3. The molecule has 0 spiro atoms. The molecular formula is C16H18N4O4. The van der Waals surface area contributed by atoms with Crippen molar-refractivity contribution in [2.75, 3.05) is 5.32 Å². The molecule has 0 atom stereocenters. The molecule has 1 heterocycles. The van der Waals surface area contributed by atoms with Crippen molar-refractivity contribution in [2.24, 2.45) is 0 Å². The van der Waals surface area contributed by atoms with Gasteiger partial charge < -0.3 is 5.32 Å². The average molecular weight is 330 g/mol. The fourth-order valence-corrected chi connectivity index (χ4v) is 2.08. The Morgan fingerprint density at radius 1 is 1.38 bits per heavy atom. The number of aromatic nitrogens is 2. The van der Waals surface area contributed by atoms with Gasteiger partial charge in [-0.05, 0) is 18.4 Å². The number of aryl methyl sites for hydroxylation is 1. The Kier molecular flexibility index (Phi) is 5.08. The molecule has 1 aromatic carbocycles. The molecule has 8 nitrogen and oxygen atoms in total. The van der Waals surface area contributed by atoms with Gasteiger partial charge in [-0.1, -0.05) is 19.9 Å². The van der Waals surface area contributed by atoms with E-state index in [0.717, 1.165) is 0 Å². The fourth-order valence-electron chi connectivity index (χ4n) is 2.08. The molecule has 0 aliphatic rings. The van der Waals surface area contributed by atoms with Crippen LogP contribution in [0.15, 0.2) is 35.4 Å². The Bertz CT molecular complexity index is 842. The van der Waals surface area contributed by atoms with Gasteiger partial charge in [0.1, 0.15) is 6.54 Å². The predicted molar refractivity (Wildman–Crippen MR) is 89.0 cm³/mol. The van der Waals surface area contributed by atoms with E-state index in [0.29, 0.717) is 16.9 Å². The van der Waals surface area contributed by atoms with E-state index in [1.807, 2.05) is 13.8 Å². The van der Waals surface area contributed by atoms with Crippen molar-refractivity contribution in [2.45, 2.75) is 33.2 Å². The molecule has 0 aliphatic heterocycles. The van der Waals surface area contributed by atoms with Gasteiger partial charge >= 0.3 is 0 Å². The number of hydrogen-bond acceptors (Lipinski definition) is 5. The third-order valence-corrected chi connectivity index (χ3v) is 3.51. The summed E-state index contributed by atoms with van der Waals surface area (Å²) < 4.78 is 1.19. The van der Waals surface area contributed by atoms with Gasteiger partial charge in [0.2, 0.25) is 5.91 Å². The van der Waals surface area contributed by atoms with Crippen molar-refractivity contribution in [3.63, 3.8) is 0 Å².